The van der Waals surface area contributed by atoms with Crippen LogP contribution in [0.4, 0.5) is 17.8 Å². The average molecular weight is 282 g/mol. The van der Waals surface area contributed by atoms with E-state index < -0.39 is 0 Å². The minimum Gasteiger partial charge on any atom is -0.357 e. The first-order chi connectivity index (χ1) is 9.26. The summed E-state index contributed by atoms with van der Waals surface area (Å²) in [5.74, 6) is 4.36. The molecule has 1 unspecified atom stereocenters. The third kappa shape index (κ3) is 3.62. The molecule has 1 aromatic rings. The van der Waals surface area contributed by atoms with Gasteiger partial charge >= 0.3 is 0 Å². The fourth-order valence-electron chi connectivity index (χ4n) is 2.02. The smallest absolute Gasteiger partial charge is 0.231 e. The van der Waals surface area contributed by atoms with Crippen LogP contribution in [-0.2, 0) is 0 Å². The molecule has 1 fully saturated rings. The highest BCUT2D eigenvalue weighted by Crippen LogP contribution is 2.21. The van der Waals surface area contributed by atoms with Crippen LogP contribution in [0.2, 0.25) is 0 Å². The van der Waals surface area contributed by atoms with Gasteiger partial charge in [-0.25, -0.2) is 0 Å². The lowest BCUT2D eigenvalue weighted by molar-refractivity contribution is 0.780. The van der Waals surface area contributed by atoms with E-state index in [2.05, 4.69) is 44.3 Å². The number of rotatable bonds is 6. The molecule has 0 amide bonds. The van der Waals surface area contributed by atoms with E-state index in [1.54, 1.807) is 0 Å². The molecule has 19 heavy (non-hydrogen) atoms. The van der Waals surface area contributed by atoms with Crippen LogP contribution in [0.3, 0.4) is 0 Å². The first-order valence-corrected chi connectivity index (χ1v) is 7.95. The molecule has 0 radical (unpaired) electrons. The molecule has 1 aliphatic heterocycles. The van der Waals surface area contributed by atoms with Crippen molar-refractivity contribution in [2.24, 2.45) is 0 Å². The standard InChI is InChI=1S/C12H22N6S/c1-4-18(5-2)12-16-10(13-3)15-11(17-12)14-9-6-7-19-8-9/h9H,4-8H2,1-3H3,(H2,13,14,15,16,17). The van der Waals surface area contributed by atoms with Crippen molar-refractivity contribution >= 4 is 29.6 Å². The number of nitrogens with one attached hydrogen (secondary N) is 2. The van der Waals surface area contributed by atoms with Crippen LogP contribution in [0.1, 0.15) is 20.3 Å². The Balaban J connectivity index is 2.19. The first-order valence-electron chi connectivity index (χ1n) is 6.79. The van der Waals surface area contributed by atoms with Crippen LogP contribution in [-0.4, -0.2) is 52.6 Å². The van der Waals surface area contributed by atoms with E-state index in [1.807, 2.05) is 18.8 Å². The molecule has 7 heteroatoms. The summed E-state index contributed by atoms with van der Waals surface area (Å²) in [6, 6.07) is 0.474. The fourth-order valence-corrected chi connectivity index (χ4v) is 3.17. The number of aromatic nitrogens is 3. The van der Waals surface area contributed by atoms with Gasteiger partial charge in [0.15, 0.2) is 0 Å². The van der Waals surface area contributed by atoms with Crippen LogP contribution >= 0.6 is 11.8 Å². The minimum atomic E-state index is 0.474. The van der Waals surface area contributed by atoms with E-state index in [1.165, 1.54) is 12.2 Å². The summed E-state index contributed by atoms with van der Waals surface area (Å²) in [5, 5.41) is 6.41. The molecule has 0 saturated carbocycles. The zero-order valence-corrected chi connectivity index (χ0v) is 12.6. The van der Waals surface area contributed by atoms with Gasteiger partial charge in [0, 0.05) is 31.9 Å². The Morgan fingerprint density at radius 2 is 1.95 bits per heavy atom. The van der Waals surface area contributed by atoms with Gasteiger partial charge in [-0.3, -0.25) is 0 Å². The number of hydrogen-bond donors (Lipinski definition) is 2. The molecule has 0 bridgehead atoms. The molecule has 2 N–H and O–H groups in total. The highest BCUT2D eigenvalue weighted by atomic mass is 32.2. The molecule has 1 aliphatic rings. The lowest BCUT2D eigenvalue weighted by Gasteiger charge is -2.20. The molecular weight excluding hydrogens is 260 g/mol. The van der Waals surface area contributed by atoms with Crippen molar-refractivity contribution in [1.82, 2.24) is 15.0 Å². The summed E-state index contributed by atoms with van der Waals surface area (Å²) in [5.41, 5.74) is 0. The van der Waals surface area contributed by atoms with E-state index in [4.69, 9.17) is 0 Å². The van der Waals surface area contributed by atoms with Gasteiger partial charge in [0.1, 0.15) is 0 Å². The summed E-state index contributed by atoms with van der Waals surface area (Å²) in [6.45, 7) is 5.99. The van der Waals surface area contributed by atoms with Crippen molar-refractivity contribution in [1.29, 1.82) is 0 Å². The van der Waals surface area contributed by atoms with E-state index in [0.717, 1.165) is 24.8 Å². The summed E-state index contributed by atoms with van der Waals surface area (Å²) in [7, 11) is 1.83. The van der Waals surface area contributed by atoms with Crippen LogP contribution in [0, 0.1) is 0 Å². The second-order valence-corrected chi connectivity index (χ2v) is 5.56. The van der Waals surface area contributed by atoms with Gasteiger partial charge in [-0.15, -0.1) is 0 Å². The van der Waals surface area contributed by atoms with Crippen molar-refractivity contribution in [2.45, 2.75) is 26.3 Å². The van der Waals surface area contributed by atoms with E-state index in [-0.39, 0.29) is 0 Å². The predicted molar refractivity (Wildman–Crippen MR) is 82.3 cm³/mol. The van der Waals surface area contributed by atoms with Crippen molar-refractivity contribution in [3.63, 3.8) is 0 Å². The maximum Gasteiger partial charge on any atom is 0.231 e. The Hall–Kier alpha value is -1.24. The lowest BCUT2D eigenvalue weighted by atomic mass is 10.3. The summed E-state index contributed by atoms with van der Waals surface area (Å²) < 4.78 is 0. The summed E-state index contributed by atoms with van der Waals surface area (Å²) >= 11 is 1.97. The number of anilines is 3. The third-order valence-corrected chi connectivity index (χ3v) is 4.32. The Morgan fingerprint density at radius 3 is 2.53 bits per heavy atom. The van der Waals surface area contributed by atoms with Crippen LogP contribution in [0.15, 0.2) is 0 Å². The highest BCUT2D eigenvalue weighted by molar-refractivity contribution is 7.99. The summed E-state index contributed by atoms with van der Waals surface area (Å²) in [6.07, 6.45) is 1.17. The quantitative estimate of drug-likeness (QED) is 0.823. The van der Waals surface area contributed by atoms with Crippen LogP contribution < -0.4 is 15.5 Å². The van der Waals surface area contributed by atoms with Crippen LogP contribution in [0.5, 0.6) is 0 Å². The van der Waals surface area contributed by atoms with Crippen molar-refractivity contribution in [3.8, 4) is 0 Å². The van der Waals surface area contributed by atoms with Gasteiger partial charge in [0.2, 0.25) is 17.8 Å². The van der Waals surface area contributed by atoms with Crippen LogP contribution in [0.25, 0.3) is 0 Å². The first kappa shape index (κ1) is 14.2. The zero-order chi connectivity index (χ0) is 13.7. The Labute approximate surface area is 118 Å². The molecule has 0 aromatic carbocycles. The Morgan fingerprint density at radius 1 is 1.21 bits per heavy atom. The van der Waals surface area contributed by atoms with Crippen molar-refractivity contribution in [3.05, 3.63) is 0 Å². The highest BCUT2D eigenvalue weighted by Gasteiger charge is 2.18. The molecule has 1 atom stereocenters. The van der Waals surface area contributed by atoms with Crippen molar-refractivity contribution in [2.75, 3.05) is 47.2 Å². The van der Waals surface area contributed by atoms with Gasteiger partial charge in [-0.1, -0.05) is 0 Å². The Bertz CT molecular complexity index is 403. The topological polar surface area (TPSA) is 66.0 Å². The second kappa shape index (κ2) is 6.79. The van der Waals surface area contributed by atoms with Crippen molar-refractivity contribution < 1.29 is 0 Å². The summed E-state index contributed by atoms with van der Waals surface area (Å²) in [4.78, 5) is 15.5. The second-order valence-electron chi connectivity index (χ2n) is 4.41. The molecule has 0 spiro atoms. The molecule has 2 heterocycles. The Kier molecular flexibility index (Phi) is 5.07. The van der Waals surface area contributed by atoms with E-state index in [0.29, 0.717) is 17.9 Å². The number of thioether (sulfide) groups is 1. The van der Waals surface area contributed by atoms with Gasteiger partial charge in [-0.05, 0) is 26.0 Å². The SMILES string of the molecule is CCN(CC)c1nc(NC)nc(NC2CCSC2)n1. The molecule has 6 nitrogen and oxygen atoms in total. The maximum absolute atomic E-state index is 4.53. The fraction of sp³-hybridized carbons (Fsp3) is 0.750. The normalized spacial score (nSPS) is 18.4. The van der Waals surface area contributed by atoms with Gasteiger partial charge in [0.05, 0.1) is 0 Å². The number of hydrogen-bond acceptors (Lipinski definition) is 7. The van der Waals surface area contributed by atoms with Gasteiger partial charge in [-0.2, -0.15) is 26.7 Å². The largest absolute Gasteiger partial charge is 0.357 e. The predicted octanol–water partition coefficient (Wildman–Crippen LogP) is 1.68. The number of nitrogens with zero attached hydrogens (tertiary/aromatic N) is 4. The molecule has 1 aromatic heterocycles. The van der Waals surface area contributed by atoms with E-state index in [9.17, 15) is 0 Å². The third-order valence-electron chi connectivity index (χ3n) is 3.16. The molecule has 1 saturated heterocycles. The lowest BCUT2D eigenvalue weighted by Crippen LogP contribution is -2.26. The van der Waals surface area contributed by atoms with E-state index >= 15 is 0 Å². The minimum absolute atomic E-state index is 0.474. The van der Waals surface area contributed by atoms with Gasteiger partial charge in [0.25, 0.3) is 0 Å². The molecule has 2 rings (SSSR count). The average Bonchev–Trinajstić information content (AvgIpc) is 2.93. The molecular formula is C12H22N6S. The monoisotopic (exact) mass is 282 g/mol. The molecule has 0 aliphatic carbocycles. The maximum atomic E-state index is 4.53. The zero-order valence-electron chi connectivity index (χ0n) is 11.8. The molecule has 106 valence electrons. The van der Waals surface area contributed by atoms with Gasteiger partial charge < -0.3 is 15.5 Å².